The van der Waals surface area contributed by atoms with Crippen LogP contribution in [0.2, 0.25) is 0 Å². The van der Waals surface area contributed by atoms with Crippen LogP contribution in [0.1, 0.15) is 38.1 Å². The minimum atomic E-state index is -2.67. The number of fused-ring (bicyclic) bond motifs is 1. The first-order chi connectivity index (χ1) is 7.41. The quantitative estimate of drug-likeness (QED) is 0.815. The second-order valence-electron chi connectivity index (χ2n) is 4.37. The van der Waals surface area contributed by atoms with Crippen LogP contribution >= 0.6 is 12.6 Å². The van der Waals surface area contributed by atoms with Gasteiger partial charge in [0, 0.05) is 5.56 Å². The van der Waals surface area contributed by atoms with E-state index in [1.807, 2.05) is 13.8 Å². The largest absolute Gasteiger partial charge is 0.477 e. The molecule has 0 amide bonds. The number of thiol groups is 1. The molecule has 0 fully saturated rings. The summed E-state index contributed by atoms with van der Waals surface area (Å²) in [6, 6.07) is 0. The van der Waals surface area contributed by atoms with Crippen LogP contribution < -0.4 is 4.74 Å². The van der Waals surface area contributed by atoms with Crippen LogP contribution in [0.4, 0.5) is 8.78 Å². The third-order valence-electron chi connectivity index (χ3n) is 2.53. The van der Waals surface area contributed by atoms with Crippen LogP contribution in [0.25, 0.3) is 0 Å². The number of nitrogens with zero attached hydrogens (tertiary/aromatic N) is 2. The second kappa shape index (κ2) is 3.91. The van der Waals surface area contributed by atoms with Gasteiger partial charge < -0.3 is 4.74 Å². The van der Waals surface area contributed by atoms with E-state index < -0.39 is 11.3 Å². The highest BCUT2D eigenvalue weighted by Crippen LogP contribution is 2.38. The summed E-state index contributed by atoms with van der Waals surface area (Å²) < 4.78 is 30.9. The molecule has 1 aromatic rings. The van der Waals surface area contributed by atoms with Gasteiger partial charge in [0.15, 0.2) is 0 Å². The van der Waals surface area contributed by atoms with Gasteiger partial charge in [-0.1, -0.05) is 0 Å². The van der Waals surface area contributed by atoms with E-state index in [-0.39, 0.29) is 5.88 Å². The third kappa shape index (κ3) is 1.90. The molecule has 0 bridgehead atoms. The van der Waals surface area contributed by atoms with E-state index in [0.717, 1.165) is 18.4 Å². The van der Waals surface area contributed by atoms with Crippen LogP contribution in [0, 0.1) is 0 Å². The molecular weight excluding hydrogens is 234 g/mol. The lowest BCUT2D eigenvalue weighted by Crippen LogP contribution is -2.14. The number of halogens is 2. The maximum absolute atomic E-state index is 12.8. The summed E-state index contributed by atoms with van der Waals surface area (Å²) in [5, 5.41) is 3.93. The van der Waals surface area contributed by atoms with E-state index in [1.165, 1.54) is 0 Å². The summed E-state index contributed by atoms with van der Waals surface area (Å²) in [5.74, 6) is 0.207. The summed E-state index contributed by atoms with van der Waals surface area (Å²) >= 11 is 4.38. The summed E-state index contributed by atoms with van der Waals surface area (Å²) in [7, 11) is 0. The molecule has 1 aliphatic rings. The lowest BCUT2D eigenvalue weighted by molar-refractivity contribution is 0.0436. The maximum Gasteiger partial charge on any atom is 0.336 e. The predicted molar refractivity (Wildman–Crippen MR) is 59.3 cm³/mol. The molecule has 0 atom stereocenters. The molecule has 1 aromatic heterocycles. The van der Waals surface area contributed by atoms with Crippen molar-refractivity contribution >= 4 is 12.6 Å². The van der Waals surface area contributed by atoms with Gasteiger partial charge in [-0.15, -0.1) is 0 Å². The van der Waals surface area contributed by atoms with E-state index in [0.29, 0.717) is 17.0 Å². The van der Waals surface area contributed by atoms with Crippen molar-refractivity contribution in [2.24, 2.45) is 0 Å². The number of ether oxygens (including phenoxy) is 1. The van der Waals surface area contributed by atoms with Crippen molar-refractivity contribution in [2.45, 2.75) is 38.0 Å². The lowest BCUT2D eigenvalue weighted by Gasteiger charge is -2.19. The normalized spacial score (nSPS) is 16.1. The molecule has 16 heavy (non-hydrogen) atoms. The SMILES string of the molecule is CC(C)(S)c1nn(C(F)F)c2c1CCCO2. The van der Waals surface area contributed by atoms with Gasteiger partial charge in [0.1, 0.15) is 0 Å². The molecule has 2 heterocycles. The van der Waals surface area contributed by atoms with Gasteiger partial charge in [-0.25, -0.2) is 0 Å². The van der Waals surface area contributed by atoms with Crippen molar-refractivity contribution in [1.82, 2.24) is 9.78 Å². The fourth-order valence-electron chi connectivity index (χ4n) is 1.87. The Kier molecular flexibility index (Phi) is 2.86. The summed E-state index contributed by atoms with van der Waals surface area (Å²) in [6.07, 6.45) is 1.56. The summed E-state index contributed by atoms with van der Waals surface area (Å²) in [4.78, 5) is 0. The van der Waals surface area contributed by atoms with Crippen molar-refractivity contribution in [2.75, 3.05) is 6.61 Å². The molecule has 0 unspecified atom stereocenters. The Bertz CT molecular complexity index is 398. The lowest BCUT2D eigenvalue weighted by atomic mass is 10.0. The number of aromatic nitrogens is 2. The maximum atomic E-state index is 12.8. The first kappa shape index (κ1) is 11.7. The zero-order valence-corrected chi connectivity index (χ0v) is 10.1. The van der Waals surface area contributed by atoms with E-state index >= 15 is 0 Å². The Morgan fingerprint density at radius 1 is 1.50 bits per heavy atom. The number of alkyl halides is 2. The molecule has 0 saturated heterocycles. The highest BCUT2D eigenvalue weighted by molar-refractivity contribution is 7.81. The molecule has 0 aromatic carbocycles. The number of hydrogen-bond acceptors (Lipinski definition) is 3. The summed E-state index contributed by atoms with van der Waals surface area (Å²) in [6.45, 7) is 1.47. The van der Waals surface area contributed by atoms with Crippen LogP contribution in [-0.4, -0.2) is 16.4 Å². The standard InChI is InChI=1S/C10H14F2N2OS/c1-10(2,16)7-6-4-3-5-15-8(6)14(13-7)9(11)12/h9,16H,3-5H2,1-2H3. The molecular formula is C10H14F2N2OS. The van der Waals surface area contributed by atoms with Gasteiger partial charge >= 0.3 is 6.55 Å². The highest BCUT2D eigenvalue weighted by atomic mass is 32.1. The minimum absolute atomic E-state index is 0.207. The fraction of sp³-hybridized carbons (Fsp3) is 0.700. The second-order valence-corrected chi connectivity index (χ2v) is 5.48. The Labute approximate surface area is 98.2 Å². The van der Waals surface area contributed by atoms with E-state index in [4.69, 9.17) is 4.74 Å². The molecule has 0 N–H and O–H groups in total. The van der Waals surface area contributed by atoms with Gasteiger partial charge in [0.25, 0.3) is 0 Å². The number of rotatable bonds is 2. The molecule has 3 nitrogen and oxygen atoms in total. The van der Waals surface area contributed by atoms with Crippen molar-refractivity contribution in [1.29, 1.82) is 0 Å². The zero-order chi connectivity index (χ0) is 11.9. The molecule has 0 aliphatic carbocycles. The van der Waals surface area contributed by atoms with Gasteiger partial charge in [0.2, 0.25) is 5.88 Å². The predicted octanol–water partition coefficient (Wildman–Crippen LogP) is 2.77. The molecule has 0 spiro atoms. The summed E-state index contributed by atoms with van der Waals surface area (Å²) in [5.41, 5.74) is 1.36. The Hall–Kier alpha value is -0.780. The minimum Gasteiger partial charge on any atom is -0.477 e. The Morgan fingerprint density at radius 2 is 2.19 bits per heavy atom. The molecule has 2 rings (SSSR count). The van der Waals surface area contributed by atoms with Crippen LogP contribution in [0.3, 0.4) is 0 Å². The number of hydrogen-bond donors (Lipinski definition) is 1. The van der Waals surface area contributed by atoms with E-state index in [2.05, 4.69) is 17.7 Å². The van der Waals surface area contributed by atoms with Crippen molar-refractivity contribution in [3.63, 3.8) is 0 Å². The topological polar surface area (TPSA) is 27.1 Å². The monoisotopic (exact) mass is 248 g/mol. The Morgan fingerprint density at radius 3 is 2.75 bits per heavy atom. The average molecular weight is 248 g/mol. The van der Waals surface area contributed by atoms with Crippen molar-refractivity contribution in [3.8, 4) is 5.88 Å². The van der Waals surface area contributed by atoms with Gasteiger partial charge in [-0.05, 0) is 26.7 Å². The molecule has 0 saturated carbocycles. The van der Waals surface area contributed by atoms with Crippen LogP contribution in [0.5, 0.6) is 5.88 Å². The van der Waals surface area contributed by atoms with Crippen LogP contribution in [-0.2, 0) is 11.2 Å². The van der Waals surface area contributed by atoms with E-state index in [9.17, 15) is 8.78 Å². The van der Waals surface area contributed by atoms with Gasteiger partial charge in [-0.2, -0.15) is 31.2 Å². The first-order valence-electron chi connectivity index (χ1n) is 5.16. The smallest absolute Gasteiger partial charge is 0.336 e. The van der Waals surface area contributed by atoms with Crippen molar-refractivity contribution < 1.29 is 13.5 Å². The molecule has 1 aliphatic heterocycles. The van der Waals surface area contributed by atoms with Gasteiger partial charge in [0.05, 0.1) is 17.0 Å². The average Bonchev–Trinajstić information content (AvgIpc) is 2.56. The molecule has 90 valence electrons. The van der Waals surface area contributed by atoms with Crippen molar-refractivity contribution in [3.05, 3.63) is 11.3 Å². The van der Waals surface area contributed by atoms with Gasteiger partial charge in [-0.3, -0.25) is 0 Å². The zero-order valence-electron chi connectivity index (χ0n) is 9.20. The molecule has 6 heteroatoms. The molecule has 0 radical (unpaired) electrons. The first-order valence-corrected chi connectivity index (χ1v) is 5.61. The fourth-order valence-corrected chi connectivity index (χ4v) is 2.05. The highest BCUT2D eigenvalue weighted by Gasteiger charge is 2.32. The third-order valence-corrected chi connectivity index (χ3v) is 2.75. The van der Waals surface area contributed by atoms with Crippen LogP contribution in [0.15, 0.2) is 0 Å². The Balaban J connectivity index is 2.55. The van der Waals surface area contributed by atoms with E-state index in [1.54, 1.807) is 0 Å².